The number of hydrogen-bond acceptors (Lipinski definition) is 6. The van der Waals surface area contributed by atoms with E-state index in [0.29, 0.717) is 17.9 Å². The number of nitrogens with two attached hydrogens (primary N) is 1. The highest BCUT2D eigenvalue weighted by Crippen LogP contribution is 2.25. The standard InChI is InChI=1S/C12H22N6/c1-8-5-18(6-9(2)17(8)4)12-10(3)11(16-13)14-7-15-12/h7-9H,5-6,13H2,1-4H3,(H,14,15,16). The molecule has 3 N–H and O–H groups in total. The Labute approximate surface area is 108 Å². The summed E-state index contributed by atoms with van der Waals surface area (Å²) in [6.07, 6.45) is 1.56. The lowest BCUT2D eigenvalue weighted by atomic mass is 10.1. The molecule has 1 fully saturated rings. The SMILES string of the molecule is Cc1c(NN)ncnc1N1CC(C)N(C)C(C)C1. The normalized spacial score (nSPS) is 25.3. The number of nitrogens with one attached hydrogen (secondary N) is 1. The fraction of sp³-hybridized carbons (Fsp3) is 0.667. The van der Waals surface area contributed by atoms with Crippen LogP contribution in [0.1, 0.15) is 19.4 Å². The van der Waals surface area contributed by atoms with Gasteiger partial charge in [-0.1, -0.05) is 0 Å². The summed E-state index contributed by atoms with van der Waals surface area (Å²) >= 11 is 0. The van der Waals surface area contributed by atoms with E-state index in [4.69, 9.17) is 5.84 Å². The van der Waals surface area contributed by atoms with Gasteiger partial charge >= 0.3 is 0 Å². The molecule has 1 aliphatic rings. The minimum absolute atomic E-state index is 0.511. The summed E-state index contributed by atoms with van der Waals surface area (Å²) in [6.45, 7) is 8.42. The molecule has 0 bridgehead atoms. The second-order valence-corrected chi connectivity index (χ2v) is 5.08. The topological polar surface area (TPSA) is 70.3 Å². The van der Waals surface area contributed by atoms with Crippen LogP contribution in [0.5, 0.6) is 0 Å². The molecule has 2 unspecified atom stereocenters. The first kappa shape index (κ1) is 13.0. The second kappa shape index (κ2) is 5.07. The summed E-state index contributed by atoms with van der Waals surface area (Å²) < 4.78 is 0. The van der Waals surface area contributed by atoms with E-state index in [1.165, 1.54) is 0 Å². The van der Waals surface area contributed by atoms with Crippen LogP contribution >= 0.6 is 0 Å². The highest BCUT2D eigenvalue weighted by molar-refractivity contribution is 5.57. The molecule has 0 spiro atoms. The lowest BCUT2D eigenvalue weighted by molar-refractivity contribution is 0.169. The van der Waals surface area contributed by atoms with Gasteiger partial charge in [0, 0.05) is 30.7 Å². The van der Waals surface area contributed by atoms with Gasteiger partial charge in [0.25, 0.3) is 0 Å². The summed E-state index contributed by atoms with van der Waals surface area (Å²) in [5.41, 5.74) is 3.62. The fourth-order valence-corrected chi connectivity index (χ4v) is 2.48. The Bertz CT molecular complexity index is 409. The van der Waals surface area contributed by atoms with E-state index < -0.39 is 0 Å². The number of hydrogen-bond donors (Lipinski definition) is 2. The third-order valence-electron chi connectivity index (χ3n) is 3.85. The zero-order valence-corrected chi connectivity index (χ0v) is 11.5. The second-order valence-electron chi connectivity index (χ2n) is 5.08. The van der Waals surface area contributed by atoms with Crippen molar-refractivity contribution in [2.45, 2.75) is 32.9 Å². The smallest absolute Gasteiger partial charge is 0.148 e. The number of aromatic nitrogens is 2. The van der Waals surface area contributed by atoms with E-state index in [0.717, 1.165) is 24.5 Å². The fourth-order valence-electron chi connectivity index (χ4n) is 2.48. The van der Waals surface area contributed by atoms with Crippen molar-refractivity contribution in [1.29, 1.82) is 0 Å². The van der Waals surface area contributed by atoms with Gasteiger partial charge in [-0.25, -0.2) is 15.8 Å². The number of nitrogens with zero attached hydrogens (tertiary/aromatic N) is 4. The average Bonchev–Trinajstić information content (AvgIpc) is 2.35. The zero-order valence-electron chi connectivity index (χ0n) is 11.5. The van der Waals surface area contributed by atoms with Gasteiger partial charge in [-0.15, -0.1) is 0 Å². The molecule has 0 amide bonds. The molecule has 6 nitrogen and oxygen atoms in total. The Kier molecular flexibility index (Phi) is 3.68. The lowest BCUT2D eigenvalue weighted by Crippen LogP contribution is -2.55. The predicted molar refractivity (Wildman–Crippen MR) is 73.5 cm³/mol. The largest absolute Gasteiger partial charge is 0.353 e. The molecule has 2 atom stereocenters. The molecule has 0 aromatic carbocycles. The number of nitrogen functional groups attached to an aromatic ring is 1. The van der Waals surface area contributed by atoms with Crippen LogP contribution < -0.4 is 16.2 Å². The maximum atomic E-state index is 5.46. The van der Waals surface area contributed by atoms with Crippen LogP contribution in [0.15, 0.2) is 6.33 Å². The van der Waals surface area contributed by atoms with Crippen molar-refractivity contribution in [3.63, 3.8) is 0 Å². The average molecular weight is 250 g/mol. The highest BCUT2D eigenvalue weighted by Gasteiger charge is 2.28. The van der Waals surface area contributed by atoms with Crippen molar-refractivity contribution in [2.24, 2.45) is 5.84 Å². The number of hydrazine groups is 1. The van der Waals surface area contributed by atoms with E-state index in [-0.39, 0.29) is 0 Å². The summed E-state index contributed by atoms with van der Waals surface area (Å²) in [5.74, 6) is 7.13. The Morgan fingerprint density at radius 3 is 2.44 bits per heavy atom. The number of anilines is 2. The maximum Gasteiger partial charge on any atom is 0.148 e. The summed E-state index contributed by atoms with van der Waals surface area (Å²) in [5, 5.41) is 0. The van der Waals surface area contributed by atoms with E-state index in [1.54, 1.807) is 6.33 Å². The summed E-state index contributed by atoms with van der Waals surface area (Å²) in [7, 11) is 2.17. The van der Waals surface area contributed by atoms with Crippen LogP contribution in [0.25, 0.3) is 0 Å². The van der Waals surface area contributed by atoms with Gasteiger partial charge in [0.05, 0.1) is 0 Å². The first-order chi connectivity index (χ1) is 8.54. The van der Waals surface area contributed by atoms with Crippen molar-refractivity contribution in [1.82, 2.24) is 14.9 Å². The van der Waals surface area contributed by atoms with E-state index >= 15 is 0 Å². The van der Waals surface area contributed by atoms with Crippen LogP contribution in [0.2, 0.25) is 0 Å². The molecule has 100 valence electrons. The Morgan fingerprint density at radius 1 is 1.28 bits per heavy atom. The number of piperazine rings is 1. The maximum absolute atomic E-state index is 5.46. The van der Waals surface area contributed by atoms with Gasteiger partial charge in [-0.3, -0.25) is 4.90 Å². The third-order valence-corrected chi connectivity index (χ3v) is 3.85. The number of likely N-dealkylation sites (N-methyl/N-ethyl adjacent to an activating group) is 1. The van der Waals surface area contributed by atoms with Gasteiger partial charge in [0.1, 0.15) is 18.0 Å². The van der Waals surface area contributed by atoms with Crippen LogP contribution in [0, 0.1) is 6.92 Å². The molecule has 18 heavy (non-hydrogen) atoms. The van der Waals surface area contributed by atoms with Crippen LogP contribution in [-0.2, 0) is 0 Å². The molecule has 0 radical (unpaired) electrons. The van der Waals surface area contributed by atoms with Crippen molar-refractivity contribution >= 4 is 11.6 Å². The Balaban J connectivity index is 2.27. The minimum Gasteiger partial charge on any atom is -0.353 e. The van der Waals surface area contributed by atoms with Crippen molar-refractivity contribution in [3.05, 3.63) is 11.9 Å². The molecule has 1 aliphatic heterocycles. The molecule has 6 heteroatoms. The van der Waals surface area contributed by atoms with Crippen molar-refractivity contribution < 1.29 is 0 Å². The molecule has 1 aromatic heterocycles. The molecule has 2 rings (SSSR count). The molecule has 0 saturated carbocycles. The molecule has 1 aromatic rings. The van der Waals surface area contributed by atoms with Gasteiger partial charge in [0.2, 0.25) is 0 Å². The van der Waals surface area contributed by atoms with Gasteiger partial charge in [0.15, 0.2) is 0 Å². The first-order valence-corrected chi connectivity index (χ1v) is 6.29. The number of rotatable bonds is 2. The molecule has 2 heterocycles. The molecular formula is C12H22N6. The highest BCUT2D eigenvalue weighted by atomic mass is 15.3. The van der Waals surface area contributed by atoms with Crippen LogP contribution in [-0.4, -0.2) is 47.1 Å². The zero-order chi connectivity index (χ0) is 13.3. The van der Waals surface area contributed by atoms with E-state index in [1.807, 2.05) is 6.92 Å². The van der Waals surface area contributed by atoms with E-state index in [9.17, 15) is 0 Å². The molecule has 1 saturated heterocycles. The Hall–Kier alpha value is -1.40. The van der Waals surface area contributed by atoms with Crippen LogP contribution in [0.3, 0.4) is 0 Å². The van der Waals surface area contributed by atoms with Gasteiger partial charge in [-0.2, -0.15) is 0 Å². The molecular weight excluding hydrogens is 228 g/mol. The van der Waals surface area contributed by atoms with Crippen LogP contribution in [0.4, 0.5) is 11.6 Å². The quantitative estimate of drug-likeness (QED) is 0.591. The van der Waals surface area contributed by atoms with Crippen molar-refractivity contribution in [2.75, 3.05) is 30.5 Å². The summed E-state index contributed by atoms with van der Waals surface area (Å²) in [4.78, 5) is 13.2. The van der Waals surface area contributed by atoms with Gasteiger partial charge in [-0.05, 0) is 27.8 Å². The Morgan fingerprint density at radius 2 is 1.89 bits per heavy atom. The predicted octanol–water partition coefficient (Wildman–Crippen LogP) is 0.599. The lowest BCUT2D eigenvalue weighted by Gasteiger charge is -2.43. The first-order valence-electron chi connectivity index (χ1n) is 6.29. The molecule has 0 aliphatic carbocycles. The van der Waals surface area contributed by atoms with Crippen molar-refractivity contribution in [3.8, 4) is 0 Å². The van der Waals surface area contributed by atoms with E-state index in [2.05, 4.69) is 46.1 Å². The minimum atomic E-state index is 0.511. The summed E-state index contributed by atoms with van der Waals surface area (Å²) in [6, 6.07) is 1.02. The van der Waals surface area contributed by atoms with Gasteiger partial charge < -0.3 is 10.3 Å². The monoisotopic (exact) mass is 250 g/mol. The third kappa shape index (κ3) is 2.26.